The number of nitrogens with one attached hydrogen (secondary N) is 1. The van der Waals surface area contributed by atoms with Crippen LogP contribution < -0.4 is 5.32 Å². The van der Waals surface area contributed by atoms with Gasteiger partial charge in [0, 0.05) is 36.7 Å². The van der Waals surface area contributed by atoms with Gasteiger partial charge < -0.3 is 25.7 Å². The van der Waals surface area contributed by atoms with Crippen molar-refractivity contribution in [2.45, 2.75) is 50.0 Å². The molecule has 0 aliphatic carbocycles. The van der Waals surface area contributed by atoms with E-state index in [0.717, 1.165) is 43.5 Å². The van der Waals surface area contributed by atoms with Gasteiger partial charge in [0.2, 0.25) is 0 Å². The van der Waals surface area contributed by atoms with Crippen LogP contribution in [0.5, 0.6) is 0 Å². The highest BCUT2D eigenvalue weighted by atomic mass is 16.4. The Morgan fingerprint density at radius 2 is 1.78 bits per heavy atom. The standard InChI is InChI=1S/C23H31N5O4/c24-13-16-10-17(23-26-7-5-8-27-23)12-18(11-16)25-6-3-1-2-4-9-28-14-20(30)22(32)21(31)19(28)15-29/h5,7-8,10-12,19-22,25,29-32H,1-4,6,9,14-15H2/t19-,20+,21-,22-/m1/s1. The molecule has 1 aromatic heterocycles. The SMILES string of the molecule is N#Cc1cc(NCCCCCCN2C[C@H](O)[C@@H](O)[C@H](O)[C@H]2CO)cc(-c2ncccn2)c1. The molecule has 9 nitrogen and oxygen atoms in total. The average Bonchev–Trinajstić information content (AvgIpc) is 2.82. The molecular weight excluding hydrogens is 410 g/mol. The molecule has 2 heterocycles. The van der Waals surface area contributed by atoms with Crippen LogP contribution in [-0.4, -0.2) is 85.9 Å². The maximum Gasteiger partial charge on any atom is 0.159 e. The second-order valence-corrected chi connectivity index (χ2v) is 8.12. The Bertz CT molecular complexity index is 892. The van der Waals surface area contributed by atoms with Gasteiger partial charge in [-0.1, -0.05) is 12.8 Å². The van der Waals surface area contributed by atoms with E-state index in [1.807, 2.05) is 17.0 Å². The number of piperidine rings is 1. The predicted molar refractivity (Wildman–Crippen MR) is 120 cm³/mol. The van der Waals surface area contributed by atoms with E-state index in [4.69, 9.17) is 0 Å². The minimum Gasteiger partial charge on any atom is -0.395 e. The van der Waals surface area contributed by atoms with Gasteiger partial charge in [-0.2, -0.15) is 5.26 Å². The van der Waals surface area contributed by atoms with Gasteiger partial charge in [-0.15, -0.1) is 0 Å². The zero-order chi connectivity index (χ0) is 22.9. The summed E-state index contributed by atoms with van der Waals surface area (Å²) in [6.45, 7) is 1.39. The highest BCUT2D eigenvalue weighted by molar-refractivity contribution is 5.65. The van der Waals surface area contributed by atoms with Crippen LogP contribution in [0.4, 0.5) is 5.69 Å². The number of benzene rings is 1. The Morgan fingerprint density at radius 1 is 1.03 bits per heavy atom. The van der Waals surface area contributed by atoms with E-state index in [1.54, 1.807) is 24.5 Å². The first kappa shape index (κ1) is 24.0. The number of hydrogen-bond acceptors (Lipinski definition) is 9. The van der Waals surface area contributed by atoms with Crippen LogP contribution in [0.1, 0.15) is 31.2 Å². The minimum atomic E-state index is -1.22. The number of aromatic nitrogens is 2. The molecule has 5 N–H and O–H groups in total. The molecule has 0 saturated carbocycles. The second-order valence-electron chi connectivity index (χ2n) is 8.12. The quantitative estimate of drug-likeness (QED) is 0.337. The molecule has 1 aliphatic heterocycles. The van der Waals surface area contributed by atoms with Crippen molar-refractivity contribution in [2.24, 2.45) is 0 Å². The van der Waals surface area contributed by atoms with Gasteiger partial charge in [-0.3, -0.25) is 4.90 Å². The number of anilines is 1. The Kier molecular flexibility index (Phi) is 8.90. The molecule has 1 saturated heterocycles. The zero-order valence-electron chi connectivity index (χ0n) is 18.0. The van der Waals surface area contributed by atoms with Crippen molar-refractivity contribution in [3.63, 3.8) is 0 Å². The Morgan fingerprint density at radius 3 is 2.50 bits per heavy atom. The lowest BCUT2D eigenvalue weighted by Gasteiger charge is -2.43. The lowest BCUT2D eigenvalue weighted by atomic mass is 9.94. The number of nitriles is 1. The molecular formula is C23H31N5O4. The Hall–Kier alpha value is -2.61. The predicted octanol–water partition coefficient (Wildman–Crippen LogP) is 0.747. The van der Waals surface area contributed by atoms with Gasteiger partial charge in [0.15, 0.2) is 5.82 Å². The summed E-state index contributed by atoms with van der Waals surface area (Å²) in [4.78, 5) is 10.3. The third-order valence-electron chi connectivity index (χ3n) is 5.80. The molecule has 0 spiro atoms. The first-order valence-corrected chi connectivity index (χ1v) is 11.0. The van der Waals surface area contributed by atoms with Crippen molar-refractivity contribution in [1.82, 2.24) is 14.9 Å². The summed E-state index contributed by atoms with van der Waals surface area (Å²) in [5.74, 6) is 0.578. The molecule has 0 amide bonds. The second kappa shape index (κ2) is 11.9. The van der Waals surface area contributed by atoms with Crippen molar-refractivity contribution < 1.29 is 20.4 Å². The summed E-state index contributed by atoms with van der Waals surface area (Å²) >= 11 is 0. The van der Waals surface area contributed by atoms with E-state index < -0.39 is 24.4 Å². The zero-order valence-corrected chi connectivity index (χ0v) is 18.0. The first-order chi connectivity index (χ1) is 15.5. The lowest BCUT2D eigenvalue weighted by molar-refractivity contribution is -0.145. The number of aliphatic hydroxyl groups excluding tert-OH is 4. The Balaban J connectivity index is 1.41. The van der Waals surface area contributed by atoms with Crippen LogP contribution in [0, 0.1) is 11.3 Å². The summed E-state index contributed by atoms with van der Waals surface area (Å²) in [6, 6.07) is 8.89. The third kappa shape index (κ3) is 6.22. The number of unbranched alkanes of at least 4 members (excludes halogenated alkanes) is 3. The van der Waals surface area contributed by atoms with Crippen molar-refractivity contribution in [1.29, 1.82) is 5.26 Å². The summed E-state index contributed by atoms with van der Waals surface area (Å²) in [5.41, 5.74) is 2.20. The molecule has 0 unspecified atom stereocenters. The van der Waals surface area contributed by atoms with Crippen LogP contribution in [0.15, 0.2) is 36.7 Å². The molecule has 1 fully saturated rings. The molecule has 9 heteroatoms. The topological polar surface area (TPSA) is 146 Å². The molecule has 1 aromatic carbocycles. The highest BCUT2D eigenvalue weighted by Crippen LogP contribution is 2.22. The van der Waals surface area contributed by atoms with Gasteiger partial charge >= 0.3 is 0 Å². The molecule has 0 radical (unpaired) electrons. The molecule has 32 heavy (non-hydrogen) atoms. The number of aliphatic hydroxyl groups is 4. The molecule has 172 valence electrons. The monoisotopic (exact) mass is 441 g/mol. The molecule has 0 bridgehead atoms. The van der Waals surface area contributed by atoms with E-state index in [-0.39, 0.29) is 13.2 Å². The molecule has 3 rings (SSSR count). The molecule has 4 atom stereocenters. The van der Waals surface area contributed by atoms with Gasteiger partial charge in [0.05, 0.1) is 30.4 Å². The van der Waals surface area contributed by atoms with Crippen molar-refractivity contribution in [3.05, 3.63) is 42.2 Å². The fourth-order valence-corrected chi connectivity index (χ4v) is 4.03. The van der Waals surface area contributed by atoms with Crippen molar-refractivity contribution in [2.75, 3.05) is 31.6 Å². The first-order valence-electron chi connectivity index (χ1n) is 11.0. The van der Waals surface area contributed by atoms with Crippen LogP contribution >= 0.6 is 0 Å². The summed E-state index contributed by atoms with van der Waals surface area (Å²) < 4.78 is 0. The van der Waals surface area contributed by atoms with Crippen LogP contribution in [0.3, 0.4) is 0 Å². The van der Waals surface area contributed by atoms with Crippen molar-refractivity contribution >= 4 is 5.69 Å². The minimum absolute atomic E-state index is 0.244. The number of nitrogens with zero attached hydrogens (tertiary/aromatic N) is 4. The highest BCUT2D eigenvalue weighted by Gasteiger charge is 2.40. The van der Waals surface area contributed by atoms with E-state index in [0.29, 0.717) is 17.9 Å². The fourth-order valence-electron chi connectivity index (χ4n) is 4.03. The van der Waals surface area contributed by atoms with Crippen LogP contribution in [0.2, 0.25) is 0 Å². The van der Waals surface area contributed by atoms with Crippen molar-refractivity contribution in [3.8, 4) is 17.5 Å². The van der Waals surface area contributed by atoms with E-state index >= 15 is 0 Å². The van der Waals surface area contributed by atoms with Gasteiger partial charge in [0.1, 0.15) is 12.2 Å². The summed E-state index contributed by atoms with van der Waals surface area (Å²) in [7, 11) is 0. The van der Waals surface area contributed by atoms with Gasteiger partial charge in [0.25, 0.3) is 0 Å². The van der Waals surface area contributed by atoms with Crippen LogP contribution in [0.25, 0.3) is 11.4 Å². The van der Waals surface area contributed by atoms with E-state index in [2.05, 4.69) is 21.4 Å². The number of likely N-dealkylation sites (tertiary alicyclic amines) is 1. The number of hydrogen-bond donors (Lipinski definition) is 5. The maximum atomic E-state index is 10.0. The van der Waals surface area contributed by atoms with Crippen LogP contribution in [-0.2, 0) is 0 Å². The van der Waals surface area contributed by atoms with Gasteiger partial charge in [-0.25, -0.2) is 9.97 Å². The fraction of sp³-hybridized carbons (Fsp3) is 0.522. The number of β-amino-alcohol motifs (C(OH)–C–C–N with tert-alkyl or cyclic N) is 1. The summed E-state index contributed by atoms with van der Waals surface area (Å²) in [5, 5.41) is 51.9. The Labute approximate surface area is 188 Å². The van der Waals surface area contributed by atoms with E-state index in [1.165, 1.54) is 0 Å². The molecule has 1 aliphatic rings. The van der Waals surface area contributed by atoms with Gasteiger partial charge in [-0.05, 0) is 43.7 Å². The largest absolute Gasteiger partial charge is 0.395 e. The average molecular weight is 442 g/mol. The third-order valence-corrected chi connectivity index (χ3v) is 5.80. The lowest BCUT2D eigenvalue weighted by Crippen LogP contribution is -2.62. The maximum absolute atomic E-state index is 10.0. The number of rotatable bonds is 10. The smallest absolute Gasteiger partial charge is 0.159 e. The normalized spacial score (nSPS) is 23.6. The molecule has 2 aromatic rings. The van der Waals surface area contributed by atoms with E-state index in [9.17, 15) is 25.7 Å². The summed E-state index contributed by atoms with van der Waals surface area (Å²) in [6.07, 6.45) is 3.73.